The van der Waals surface area contributed by atoms with Crippen molar-refractivity contribution < 1.29 is 19.1 Å². The predicted octanol–water partition coefficient (Wildman–Crippen LogP) is 5.69. The summed E-state index contributed by atoms with van der Waals surface area (Å²) in [6.07, 6.45) is -0.697. The van der Waals surface area contributed by atoms with Gasteiger partial charge in [0.05, 0.1) is 6.10 Å². The van der Waals surface area contributed by atoms with Gasteiger partial charge in [0, 0.05) is 24.2 Å². The van der Waals surface area contributed by atoms with Crippen molar-refractivity contribution in [3.63, 3.8) is 0 Å². The first-order chi connectivity index (χ1) is 15.5. The summed E-state index contributed by atoms with van der Waals surface area (Å²) in [5, 5.41) is 0. The molecule has 0 aliphatic carbocycles. The van der Waals surface area contributed by atoms with Crippen LogP contribution < -0.4 is 0 Å². The van der Waals surface area contributed by atoms with Crippen molar-refractivity contribution in [2.24, 2.45) is 5.92 Å². The van der Waals surface area contributed by atoms with Crippen LogP contribution in [0.4, 0.5) is 0 Å². The molecule has 1 heterocycles. The molecule has 1 aliphatic heterocycles. The third-order valence-electron chi connectivity index (χ3n) is 5.76. The fourth-order valence-corrected chi connectivity index (χ4v) is 4.19. The van der Waals surface area contributed by atoms with Gasteiger partial charge in [0.15, 0.2) is 0 Å². The summed E-state index contributed by atoms with van der Waals surface area (Å²) in [5.74, 6) is -0.472. The first kappa shape index (κ1) is 22.1. The van der Waals surface area contributed by atoms with Crippen LogP contribution in [0, 0.1) is 5.92 Å². The van der Waals surface area contributed by atoms with Gasteiger partial charge in [-0.25, -0.2) is 0 Å². The Bertz CT molecular complexity index is 993. The van der Waals surface area contributed by atoms with E-state index in [-0.39, 0.29) is 17.5 Å². The van der Waals surface area contributed by atoms with Crippen LogP contribution in [0.1, 0.15) is 52.7 Å². The quantitative estimate of drug-likeness (QED) is 0.341. The second kappa shape index (κ2) is 9.60. The van der Waals surface area contributed by atoms with Crippen molar-refractivity contribution in [3.05, 3.63) is 108 Å². The normalized spacial score (nSPS) is 19.7. The molecule has 32 heavy (non-hydrogen) atoms. The maximum atomic E-state index is 14.0. The number of rotatable bonds is 8. The van der Waals surface area contributed by atoms with Crippen LogP contribution in [0.15, 0.2) is 91.0 Å². The lowest BCUT2D eigenvalue weighted by Gasteiger charge is -2.32. The number of hydrogen-bond acceptors (Lipinski definition) is 4. The second-order valence-corrected chi connectivity index (χ2v) is 8.59. The van der Waals surface area contributed by atoms with E-state index in [2.05, 4.69) is 0 Å². The Morgan fingerprint density at radius 1 is 0.844 bits per heavy atom. The van der Waals surface area contributed by atoms with Gasteiger partial charge in [-0.3, -0.25) is 9.59 Å². The molecular formula is C28H28O4. The van der Waals surface area contributed by atoms with E-state index in [1.807, 2.05) is 56.3 Å². The molecular weight excluding hydrogens is 400 g/mol. The molecule has 2 atom stereocenters. The summed E-state index contributed by atoms with van der Waals surface area (Å²) < 4.78 is 12.7. The first-order valence-corrected chi connectivity index (χ1v) is 11.1. The first-order valence-electron chi connectivity index (χ1n) is 11.1. The average molecular weight is 429 g/mol. The van der Waals surface area contributed by atoms with E-state index in [1.165, 1.54) is 0 Å². The maximum Gasteiger partial charge on any atom is 0.220 e. The number of carbonyl (C=O) groups is 2. The van der Waals surface area contributed by atoms with Gasteiger partial charge < -0.3 is 9.47 Å². The highest BCUT2D eigenvalue weighted by molar-refractivity contribution is 6.23. The highest BCUT2D eigenvalue weighted by atomic mass is 16.6. The van der Waals surface area contributed by atoms with E-state index >= 15 is 0 Å². The molecule has 1 aliphatic rings. The lowest BCUT2D eigenvalue weighted by atomic mass is 9.81. The van der Waals surface area contributed by atoms with E-state index in [0.717, 1.165) is 5.56 Å². The van der Waals surface area contributed by atoms with E-state index in [1.54, 1.807) is 48.5 Å². The summed E-state index contributed by atoms with van der Waals surface area (Å²) in [4.78, 5) is 28.0. The summed E-state index contributed by atoms with van der Waals surface area (Å²) in [5.41, 5.74) is 0.0412. The van der Waals surface area contributed by atoms with Crippen LogP contribution >= 0.6 is 0 Å². The third-order valence-corrected chi connectivity index (χ3v) is 5.76. The third kappa shape index (κ3) is 4.29. The number of hydrogen-bond donors (Lipinski definition) is 0. The SMILES string of the molecule is CC(C)COC1CC(c2ccccc2)OC1(C(=O)c1ccccc1)C(=O)c1ccccc1. The molecule has 2 unspecified atom stereocenters. The molecule has 0 amide bonds. The molecule has 1 saturated heterocycles. The molecule has 1 fully saturated rings. The number of carbonyl (C=O) groups excluding carboxylic acids is 2. The van der Waals surface area contributed by atoms with Crippen molar-refractivity contribution in [3.8, 4) is 0 Å². The van der Waals surface area contributed by atoms with Gasteiger partial charge in [-0.2, -0.15) is 0 Å². The van der Waals surface area contributed by atoms with Gasteiger partial charge in [0.1, 0.15) is 6.10 Å². The maximum absolute atomic E-state index is 14.0. The monoisotopic (exact) mass is 428 g/mol. The molecule has 4 rings (SSSR count). The summed E-state index contributed by atoms with van der Waals surface area (Å²) >= 11 is 0. The number of ether oxygens (including phenoxy) is 2. The highest BCUT2D eigenvalue weighted by Crippen LogP contribution is 2.45. The van der Waals surface area contributed by atoms with Crippen LogP contribution in [-0.2, 0) is 9.47 Å². The smallest absolute Gasteiger partial charge is 0.220 e. The molecule has 0 N–H and O–H groups in total. The van der Waals surface area contributed by atoms with E-state index < -0.39 is 17.8 Å². The van der Waals surface area contributed by atoms with Gasteiger partial charge in [-0.1, -0.05) is 105 Å². The highest BCUT2D eigenvalue weighted by Gasteiger charge is 2.60. The van der Waals surface area contributed by atoms with Gasteiger partial charge in [-0.15, -0.1) is 0 Å². The minimum Gasteiger partial charge on any atom is -0.374 e. The molecule has 0 aromatic heterocycles. The Labute approximate surface area is 189 Å². The Hall–Kier alpha value is -3.08. The number of Topliss-reactive ketones (excluding diaryl/α,β-unsaturated/α-hetero) is 2. The fourth-order valence-electron chi connectivity index (χ4n) is 4.19. The molecule has 0 saturated carbocycles. The molecule has 0 radical (unpaired) electrons. The zero-order valence-corrected chi connectivity index (χ0v) is 18.4. The molecule has 3 aromatic carbocycles. The molecule has 164 valence electrons. The predicted molar refractivity (Wildman–Crippen MR) is 124 cm³/mol. The minimum atomic E-state index is -1.75. The molecule has 4 heteroatoms. The van der Waals surface area contributed by atoms with Gasteiger partial charge in [0.2, 0.25) is 17.2 Å². The summed E-state index contributed by atoms with van der Waals surface area (Å²) in [7, 11) is 0. The number of ketones is 2. The Kier molecular flexibility index (Phi) is 6.63. The molecule has 0 spiro atoms. The van der Waals surface area contributed by atoms with Crippen molar-refractivity contribution in [2.45, 2.75) is 38.1 Å². The average Bonchev–Trinajstić information content (AvgIpc) is 3.24. The largest absolute Gasteiger partial charge is 0.374 e. The van der Waals surface area contributed by atoms with Crippen LogP contribution in [0.3, 0.4) is 0 Å². The number of benzene rings is 3. The fraction of sp³-hybridized carbons (Fsp3) is 0.286. The Morgan fingerprint density at radius 2 is 1.31 bits per heavy atom. The van der Waals surface area contributed by atoms with Crippen molar-refractivity contribution in [2.75, 3.05) is 6.61 Å². The van der Waals surface area contributed by atoms with E-state index in [9.17, 15) is 9.59 Å². The van der Waals surface area contributed by atoms with Crippen molar-refractivity contribution in [1.29, 1.82) is 0 Å². The van der Waals surface area contributed by atoms with Crippen LogP contribution in [0.5, 0.6) is 0 Å². The van der Waals surface area contributed by atoms with Crippen molar-refractivity contribution >= 4 is 11.6 Å². The lowest BCUT2D eigenvalue weighted by Crippen LogP contribution is -2.55. The zero-order chi connectivity index (χ0) is 22.6. The zero-order valence-electron chi connectivity index (χ0n) is 18.4. The molecule has 3 aromatic rings. The van der Waals surface area contributed by atoms with E-state index in [4.69, 9.17) is 9.47 Å². The Morgan fingerprint density at radius 3 is 1.78 bits per heavy atom. The van der Waals surface area contributed by atoms with Crippen LogP contribution in [0.2, 0.25) is 0 Å². The van der Waals surface area contributed by atoms with E-state index in [0.29, 0.717) is 24.2 Å². The molecule has 0 bridgehead atoms. The summed E-state index contributed by atoms with van der Waals surface area (Å²) in [6, 6.07) is 27.5. The van der Waals surface area contributed by atoms with Gasteiger partial charge in [0.25, 0.3) is 0 Å². The van der Waals surface area contributed by atoms with Gasteiger partial charge in [-0.05, 0) is 11.5 Å². The Balaban J connectivity index is 1.83. The topological polar surface area (TPSA) is 52.6 Å². The summed E-state index contributed by atoms with van der Waals surface area (Å²) in [6.45, 7) is 4.52. The minimum absolute atomic E-state index is 0.252. The standard InChI is InChI=1S/C28H28O4/c1-20(2)19-31-25-18-24(21-12-6-3-7-13-21)32-28(25,26(29)22-14-8-4-9-15-22)27(30)23-16-10-5-11-17-23/h3-17,20,24-25H,18-19H2,1-2H3. The second-order valence-electron chi connectivity index (χ2n) is 8.59. The lowest BCUT2D eigenvalue weighted by molar-refractivity contribution is -0.0640. The van der Waals surface area contributed by atoms with Crippen LogP contribution in [0.25, 0.3) is 0 Å². The van der Waals surface area contributed by atoms with Gasteiger partial charge >= 0.3 is 0 Å². The van der Waals surface area contributed by atoms with Crippen LogP contribution in [-0.4, -0.2) is 29.9 Å². The molecule has 4 nitrogen and oxygen atoms in total. The van der Waals surface area contributed by atoms with Crippen molar-refractivity contribution in [1.82, 2.24) is 0 Å².